The van der Waals surface area contributed by atoms with Crippen molar-refractivity contribution < 1.29 is 19.1 Å². The Morgan fingerprint density at radius 1 is 1.03 bits per heavy atom. The Morgan fingerprint density at radius 3 is 2.00 bits per heavy atom. The number of amides is 2. The Morgan fingerprint density at radius 2 is 1.52 bits per heavy atom. The maximum atomic E-state index is 12.9. The number of rotatable bonds is 1. The summed E-state index contributed by atoms with van der Waals surface area (Å²) in [5.41, 5.74) is -0.496. The summed E-state index contributed by atoms with van der Waals surface area (Å²) in [7, 11) is 0. The fourth-order valence-corrected chi connectivity index (χ4v) is 3.98. The number of piperazine rings is 1. The quantitative estimate of drug-likeness (QED) is 0.492. The second-order valence-corrected chi connectivity index (χ2v) is 10.3. The minimum absolute atomic E-state index is 0.292. The molecule has 0 N–H and O–H groups in total. The molecule has 29 heavy (non-hydrogen) atoms. The van der Waals surface area contributed by atoms with Crippen molar-refractivity contribution in [2.75, 3.05) is 13.1 Å². The number of aromatic nitrogens is 1. The van der Waals surface area contributed by atoms with Crippen molar-refractivity contribution in [2.45, 2.75) is 71.8 Å². The zero-order valence-corrected chi connectivity index (χ0v) is 20.3. The Balaban J connectivity index is 2.41. The summed E-state index contributed by atoms with van der Waals surface area (Å²) in [6.45, 7) is 13.5. The highest BCUT2D eigenvalue weighted by Crippen LogP contribution is 2.35. The van der Waals surface area contributed by atoms with Gasteiger partial charge in [0, 0.05) is 13.1 Å². The normalized spacial score (nSPS) is 20.4. The second kappa shape index (κ2) is 8.68. The minimum Gasteiger partial charge on any atom is -0.444 e. The van der Waals surface area contributed by atoms with E-state index in [1.807, 2.05) is 48.5 Å². The van der Waals surface area contributed by atoms with Crippen LogP contribution in [0.15, 0.2) is 16.7 Å². The maximum Gasteiger partial charge on any atom is 0.410 e. The highest BCUT2D eigenvalue weighted by Gasteiger charge is 2.42. The van der Waals surface area contributed by atoms with Gasteiger partial charge in [0.1, 0.15) is 21.0 Å². The van der Waals surface area contributed by atoms with Gasteiger partial charge in [-0.25, -0.2) is 14.6 Å². The smallest absolute Gasteiger partial charge is 0.410 e. The Labute approximate surface area is 185 Å². The van der Waals surface area contributed by atoms with Gasteiger partial charge in [0.05, 0.1) is 12.1 Å². The van der Waals surface area contributed by atoms with E-state index < -0.39 is 29.4 Å². The molecule has 2 heterocycles. The van der Waals surface area contributed by atoms with Crippen molar-refractivity contribution in [1.82, 2.24) is 14.8 Å². The van der Waals surface area contributed by atoms with Gasteiger partial charge in [0.15, 0.2) is 0 Å². The molecular weight excluding hydrogens is 462 g/mol. The third-order valence-corrected chi connectivity index (χ3v) is 4.85. The van der Waals surface area contributed by atoms with Gasteiger partial charge in [0.25, 0.3) is 0 Å². The molecule has 162 valence electrons. The van der Waals surface area contributed by atoms with E-state index in [4.69, 9.17) is 21.1 Å². The summed E-state index contributed by atoms with van der Waals surface area (Å²) in [6.07, 6.45) is -0.861. The molecule has 0 aliphatic carbocycles. The molecule has 2 amide bonds. The Kier molecular flexibility index (Phi) is 7.10. The lowest BCUT2D eigenvalue weighted by Gasteiger charge is -2.46. The van der Waals surface area contributed by atoms with Gasteiger partial charge >= 0.3 is 12.2 Å². The molecule has 1 saturated heterocycles. The first kappa shape index (κ1) is 23.7. The van der Waals surface area contributed by atoms with Crippen LogP contribution in [-0.2, 0) is 9.47 Å². The number of hydrogen-bond acceptors (Lipinski definition) is 5. The second-order valence-electron chi connectivity index (χ2n) is 9.08. The first-order valence-corrected chi connectivity index (χ1v) is 10.7. The van der Waals surface area contributed by atoms with Crippen molar-refractivity contribution in [3.8, 4) is 0 Å². The lowest BCUT2D eigenvalue weighted by molar-refractivity contribution is -0.0313. The predicted molar refractivity (Wildman–Crippen MR) is 115 cm³/mol. The zero-order valence-electron chi connectivity index (χ0n) is 18.0. The third-order valence-electron chi connectivity index (χ3n) is 4.25. The molecule has 1 aromatic rings. The van der Waals surface area contributed by atoms with Crippen LogP contribution in [0.4, 0.5) is 9.59 Å². The molecule has 0 aromatic carbocycles. The van der Waals surface area contributed by atoms with E-state index in [1.54, 1.807) is 21.9 Å². The van der Waals surface area contributed by atoms with E-state index in [1.165, 1.54) is 0 Å². The van der Waals surface area contributed by atoms with Crippen LogP contribution in [0.1, 0.15) is 60.1 Å². The van der Waals surface area contributed by atoms with Gasteiger partial charge in [0.2, 0.25) is 0 Å². The standard InChI is InChI=1S/C20H29BrClN3O4/c1-12-16(13-10-14(21)23-15(22)11-13)25(18(27)29-20(5,6)7)9-8-24(12)17(26)28-19(2,3)4/h10-12,16H,8-9H2,1-7H3/t12-,16+/m0/s1. The van der Waals surface area contributed by atoms with Gasteiger partial charge in [-0.3, -0.25) is 4.90 Å². The number of carbonyl (C=O) groups is 2. The van der Waals surface area contributed by atoms with Crippen LogP contribution in [0.25, 0.3) is 0 Å². The molecule has 2 rings (SSSR count). The van der Waals surface area contributed by atoms with E-state index >= 15 is 0 Å². The van der Waals surface area contributed by atoms with E-state index in [2.05, 4.69) is 20.9 Å². The zero-order chi connectivity index (χ0) is 22.1. The number of ether oxygens (including phenoxy) is 2. The molecule has 1 fully saturated rings. The summed E-state index contributed by atoms with van der Waals surface area (Å²) in [5.74, 6) is 0. The van der Waals surface area contributed by atoms with Crippen LogP contribution < -0.4 is 0 Å². The topological polar surface area (TPSA) is 72.0 Å². The van der Waals surface area contributed by atoms with Gasteiger partial charge in [-0.1, -0.05) is 11.6 Å². The lowest BCUT2D eigenvalue weighted by atomic mass is 9.96. The summed E-state index contributed by atoms with van der Waals surface area (Å²) in [4.78, 5) is 33.1. The molecule has 1 aliphatic heterocycles. The van der Waals surface area contributed by atoms with Crippen molar-refractivity contribution in [1.29, 1.82) is 0 Å². The van der Waals surface area contributed by atoms with Gasteiger partial charge < -0.3 is 14.4 Å². The molecule has 0 bridgehead atoms. The van der Waals surface area contributed by atoms with Gasteiger partial charge in [-0.15, -0.1) is 0 Å². The van der Waals surface area contributed by atoms with Crippen molar-refractivity contribution in [3.63, 3.8) is 0 Å². The van der Waals surface area contributed by atoms with Crippen LogP contribution >= 0.6 is 27.5 Å². The average Bonchev–Trinajstić information content (AvgIpc) is 2.49. The molecule has 2 atom stereocenters. The number of hydrogen-bond donors (Lipinski definition) is 0. The third kappa shape index (κ3) is 6.47. The SMILES string of the molecule is C[C@H]1[C@H](c2cc(Cl)nc(Br)c2)N(C(=O)OC(C)(C)C)CCN1C(=O)OC(C)(C)C. The molecule has 0 saturated carbocycles. The van der Waals surface area contributed by atoms with Crippen molar-refractivity contribution in [2.24, 2.45) is 0 Å². The summed E-state index contributed by atoms with van der Waals surface area (Å²) >= 11 is 9.51. The van der Waals surface area contributed by atoms with Crippen molar-refractivity contribution >= 4 is 39.7 Å². The molecule has 1 aliphatic rings. The van der Waals surface area contributed by atoms with Crippen LogP contribution in [0.2, 0.25) is 5.15 Å². The summed E-state index contributed by atoms with van der Waals surface area (Å²) in [6, 6.07) is 2.66. The van der Waals surface area contributed by atoms with Crippen LogP contribution in [0.3, 0.4) is 0 Å². The highest BCUT2D eigenvalue weighted by molar-refractivity contribution is 9.10. The fourth-order valence-electron chi connectivity index (χ4n) is 3.21. The molecule has 9 heteroatoms. The van der Waals surface area contributed by atoms with E-state index in [9.17, 15) is 9.59 Å². The van der Waals surface area contributed by atoms with Crippen LogP contribution in [0.5, 0.6) is 0 Å². The summed E-state index contributed by atoms with van der Waals surface area (Å²) < 4.78 is 11.7. The van der Waals surface area contributed by atoms with Gasteiger partial charge in [-0.2, -0.15) is 0 Å². The van der Waals surface area contributed by atoms with Crippen molar-refractivity contribution in [3.05, 3.63) is 27.5 Å². The Bertz CT molecular complexity index is 756. The number of pyridine rings is 1. The monoisotopic (exact) mass is 489 g/mol. The first-order chi connectivity index (χ1) is 13.2. The molecule has 7 nitrogen and oxygen atoms in total. The molecule has 0 unspecified atom stereocenters. The molecular formula is C20H29BrClN3O4. The van der Waals surface area contributed by atoms with E-state index in [0.29, 0.717) is 22.8 Å². The minimum atomic E-state index is -0.635. The predicted octanol–water partition coefficient (Wildman–Crippen LogP) is 5.41. The number of nitrogens with zero attached hydrogens (tertiary/aromatic N) is 3. The average molecular weight is 491 g/mol. The number of carbonyl (C=O) groups excluding carboxylic acids is 2. The fraction of sp³-hybridized carbons (Fsp3) is 0.650. The first-order valence-electron chi connectivity index (χ1n) is 9.50. The Hall–Kier alpha value is -1.54. The molecule has 0 spiro atoms. The van der Waals surface area contributed by atoms with Crippen LogP contribution in [-0.4, -0.2) is 57.3 Å². The summed E-state index contributed by atoms with van der Waals surface area (Å²) in [5, 5.41) is 0.292. The van der Waals surface area contributed by atoms with E-state index in [-0.39, 0.29) is 6.04 Å². The van der Waals surface area contributed by atoms with Crippen LogP contribution in [0, 0.1) is 0 Å². The molecule has 0 radical (unpaired) electrons. The highest BCUT2D eigenvalue weighted by atomic mass is 79.9. The molecule has 1 aromatic heterocycles. The lowest BCUT2D eigenvalue weighted by Crippen LogP contribution is -2.58. The maximum absolute atomic E-state index is 12.9. The van der Waals surface area contributed by atoms with Gasteiger partial charge in [-0.05, 0) is 82.1 Å². The number of halogens is 2. The van der Waals surface area contributed by atoms with E-state index in [0.717, 1.165) is 5.56 Å². The largest absolute Gasteiger partial charge is 0.444 e.